The van der Waals surface area contributed by atoms with Gasteiger partial charge in [-0.15, -0.1) is 0 Å². The molecule has 2 aromatic rings. The van der Waals surface area contributed by atoms with Crippen LogP contribution >= 0.6 is 0 Å². The van der Waals surface area contributed by atoms with Crippen LogP contribution in [0, 0.1) is 0 Å². The minimum atomic E-state index is -3.16. The summed E-state index contributed by atoms with van der Waals surface area (Å²) in [6, 6.07) is 18.1. The van der Waals surface area contributed by atoms with Crippen molar-refractivity contribution in [3.8, 4) is 0 Å². The number of rotatable bonds is 5. The maximum Gasteiger partial charge on any atom is 0.270 e. The van der Waals surface area contributed by atoms with Gasteiger partial charge in [0.15, 0.2) is 9.84 Å². The zero-order valence-corrected chi connectivity index (χ0v) is 17.3. The molecule has 2 aliphatic heterocycles. The molecule has 0 saturated carbocycles. The van der Waals surface area contributed by atoms with E-state index in [9.17, 15) is 18.0 Å². The Balaban J connectivity index is 1.64. The van der Waals surface area contributed by atoms with Crippen molar-refractivity contribution in [2.75, 3.05) is 16.5 Å². The Morgan fingerprint density at radius 2 is 1.70 bits per heavy atom. The lowest BCUT2D eigenvalue weighted by molar-refractivity contribution is -0.126. The summed E-state index contributed by atoms with van der Waals surface area (Å²) in [6.45, 7) is 0.304. The molecule has 0 aromatic heterocycles. The number of para-hydroxylation sites is 1. The lowest BCUT2D eigenvalue weighted by atomic mass is 10.1. The molecular weight excluding hydrogens is 402 g/mol. The summed E-state index contributed by atoms with van der Waals surface area (Å²) in [7, 11) is -3.16. The van der Waals surface area contributed by atoms with Crippen LogP contribution in [0.2, 0.25) is 0 Å². The molecule has 0 aliphatic carbocycles. The fourth-order valence-electron chi connectivity index (χ4n) is 3.81. The number of hydrogen-bond acceptors (Lipinski definition) is 5. The van der Waals surface area contributed by atoms with Gasteiger partial charge < -0.3 is 4.90 Å². The first-order chi connectivity index (χ1) is 14.4. The summed E-state index contributed by atoms with van der Waals surface area (Å²) in [5, 5.41) is 5.63. The Morgan fingerprint density at radius 1 is 1.03 bits per heavy atom. The van der Waals surface area contributed by atoms with E-state index in [-0.39, 0.29) is 41.9 Å². The van der Waals surface area contributed by atoms with Crippen molar-refractivity contribution in [2.45, 2.75) is 31.8 Å². The van der Waals surface area contributed by atoms with E-state index in [1.54, 1.807) is 29.2 Å². The monoisotopic (exact) mass is 425 g/mol. The van der Waals surface area contributed by atoms with Crippen LogP contribution in [0.15, 0.2) is 65.8 Å². The maximum absolute atomic E-state index is 13.4. The highest BCUT2D eigenvalue weighted by molar-refractivity contribution is 7.91. The molecule has 0 spiro atoms. The third-order valence-electron chi connectivity index (χ3n) is 5.39. The van der Waals surface area contributed by atoms with Gasteiger partial charge in [-0.3, -0.25) is 9.59 Å². The summed E-state index contributed by atoms with van der Waals surface area (Å²) in [6.07, 6.45) is 0.836. The van der Waals surface area contributed by atoms with Crippen molar-refractivity contribution in [3.63, 3.8) is 0 Å². The van der Waals surface area contributed by atoms with Crippen LogP contribution in [0.5, 0.6) is 0 Å². The van der Waals surface area contributed by atoms with Crippen LogP contribution in [-0.2, 0) is 26.0 Å². The second-order valence-electron chi connectivity index (χ2n) is 7.56. The van der Waals surface area contributed by atoms with Crippen LogP contribution < -0.4 is 5.01 Å². The Labute approximate surface area is 175 Å². The van der Waals surface area contributed by atoms with E-state index in [4.69, 9.17) is 0 Å². The number of anilines is 1. The molecule has 2 aliphatic rings. The van der Waals surface area contributed by atoms with Gasteiger partial charge >= 0.3 is 0 Å². The van der Waals surface area contributed by atoms with Gasteiger partial charge in [-0.1, -0.05) is 48.5 Å². The number of nitrogens with zero attached hydrogens (tertiary/aromatic N) is 3. The molecule has 30 heavy (non-hydrogen) atoms. The first kappa shape index (κ1) is 20.3. The normalized spacial score (nSPS) is 20.7. The van der Waals surface area contributed by atoms with E-state index >= 15 is 0 Å². The van der Waals surface area contributed by atoms with Crippen molar-refractivity contribution in [3.05, 3.63) is 66.2 Å². The minimum Gasteiger partial charge on any atom is -0.329 e. The van der Waals surface area contributed by atoms with Gasteiger partial charge in [-0.25, -0.2) is 13.4 Å². The van der Waals surface area contributed by atoms with Gasteiger partial charge in [-0.05, 0) is 24.1 Å². The number of carbonyl (C=O) groups is 2. The number of amides is 2. The third kappa shape index (κ3) is 4.43. The van der Waals surface area contributed by atoms with Gasteiger partial charge in [-0.2, -0.15) is 5.10 Å². The predicted molar refractivity (Wildman–Crippen MR) is 115 cm³/mol. The lowest BCUT2D eigenvalue weighted by Crippen LogP contribution is -2.46. The predicted octanol–water partition coefficient (Wildman–Crippen LogP) is 2.39. The van der Waals surface area contributed by atoms with Crippen molar-refractivity contribution in [2.24, 2.45) is 5.10 Å². The van der Waals surface area contributed by atoms with Gasteiger partial charge in [0, 0.05) is 25.4 Å². The molecule has 4 rings (SSSR count). The first-order valence-electron chi connectivity index (χ1n) is 9.94. The quantitative estimate of drug-likeness (QED) is 0.736. The van der Waals surface area contributed by atoms with E-state index in [0.29, 0.717) is 18.7 Å². The van der Waals surface area contributed by atoms with Gasteiger partial charge in [0.2, 0.25) is 5.91 Å². The molecular formula is C22H23N3O4S. The zero-order chi connectivity index (χ0) is 21.1. The summed E-state index contributed by atoms with van der Waals surface area (Å²) in [5.41, 5.74) is 1.80. The fourth-order valence-corrected chi connectivity index (χ4v) is 5.54. The molecule has 0 radical (unpaired) electrons. The number of carbonyl (C=O) groups excluding carboxylic acids is 2. The van der Waals surface area contributed by atoms with Gasteiger partial charge in [0.05, 0.1) is 17.2 Å². The van der Waals surface area contributed by atoms with Crippen molar-refractivity contribution < 1.29 is 18.0 Å². The highest BCUT2D eigenvalue weighted by atomic mass is 32.2. The Hall–Kier alpha value is -3.00. The lowest BCUT2D eigenvalue weighted by Gasteiger charge is -2.31. The topological polar surface area (TPSA) is 87.1 Å². The highest BCUT2D eigenvalue weighted by Gasteiger charge is 2.37. The molecule has 7 nitrogen and oxygen atoms in total. The largest absolute Gasteiger partial charge is 0.329 e. The molecule has 8 heteroatoms. The standard InChI is InChI=1S/C22H23N3O4S/c26-21-12-11-20(23-25(21)18-9-5-2-6-10-18)22(27)24(15-17-7-3-1-4-8-17)19-13-14-30(28,29)16-19/h1-10,19H,11-16H2/t19-/m1/s1. The van der Waals surface area contributed by atoms with E-state index in [1.165, 1.54) is 5.01 Å². The zero-order valence-electron chi connectivity index (χ0n) is 16.5. The molecule has 0 unspecified atom stereocenters. The second-order valence-corrected chi connectivity index (χ2v) is 9.79. The Bertz CT molecular complexity index is 1070. The second kappa shape index (κ2) is 8.39. The Kier molecular flexibility index (Phi) is 5.67. The summed E-state index contributed by atoms with van der Waals surface area (Å²) in [4.78, 5) is 27.4. The fraction of sp³-hybridized carbons (Fsp3) is 0.318. The van der Waals surface area contributed by atoms with E-state index < -0.39 is 15.9 Å². The molecule has 0 bridgehead atoms. The third-order valence-corrected chi connectivity index (χ3v) is 7.14. The SMILES string of the molecule is O=C1CCC(C(=O)N(Cc2ccccc2)[C@@H]2CCS(=O)(=O)C2)=NN1c1ccccc1. The van der Waals surface area contributed by atoms with Crippen LogP contribution in [0.1, 0.15) is 24.8 Å². The van der Waals surface area contributed by atoms with E-state index in [0.717, 1.165) is 5.56 Å². The van der Waals surface area contributed by atoms with Gasteiger partial charge in [0.1, 0.15) is 5.71 Å². The van der Waals surface area contributed by atoms with Crippen LogP contribution in [-0.4, -0.2) is 48.4 Å². The van der Waals surface area contributed by atoms with Crippen molar-refractivity contribution in [1.82, 2.24) is 4.90 Å². The number of hydrogen-bond donors (Lipinski definition) is 0. The van der Waals surface area contributed by atoms with Gasteiger partial charge in [0.25, 0.3) is 5.91 Å². The van der Waals surface area contributed by atoms with Crippen molar-refractivity contribution in [1.29, 1.82) is 0 Å². The molecule has 1 atom stereocenters. The molecule has 1 fully saturated rings. The molecule has 156 valence electrons. The van der Waals surface area contributed by atoms with Crippen LogP contribution in [0.3, 0.4) is 0 Å². The summed E-state index contributed by atoms with van der Waals surface area (Å²) >= 11 is 0. The number of hydrazone groups is 1. The van der Waals surface area contributed by atoms with Crippen LogP contribution in [0.4, 0.5) is 5.69 Å². The average molecular weight is 426 g/mol. The molecule has 0 N–H and O–H groups in total. The number of sulfone groups is 1. The maximum atomic E-state index is 13.4. The first-order valence-corrected chi connectivity index (χ1v) is 11.8. The minimum absolute atomic E-state index is 0.0415. The number of benzene rings is 2. The summed E-state index contributed by atoms with van der Waals surface area (Å²) < 4.78 is 24.1. The Morgan fingerprint density at radius 3 is 2.33 bits per heavy atom. The van der Waals surface area contributed by atoms with E-state index in [2.05, 4.69) is 5.10 Å². The van der Waals surface area contributed by atoms with Crippen molar-refractivity contribution >= 4 is 33.1 Å². The van der Waals surface area contributed by atoms with Crippen LogP contribution in [0.25, 0.3) is 0 Å². The van der Waals surface area contributed by atoms with E-state index in [1.807, 2.05) is 36.4 Å². The molecule has 2 amide bonds. The summed E-state index contributed by atoms with van der Waals surface area (Å²) in [5.74, 6) is -0.442. The highest BCUT2D eigenvalue weighted by Crippen LogP contribution is 2.24. The smallest absolute Gasteiger partial charge is 0.270 e. The molecule has 1 saturated heterocycles. The average Bonchev–Trinajstić information content (AvgIpc) is 3.12. The molecule has 2 aromatic carbocycles. The molecule has 2 heterocycles.